The lowest BCUT2D eigenvalue weighted by Gasteiger charge is -2.05. The topological polar surface area (TPSA) is 88.4 Å². The zero-order valence-electron chi connectivity index (χ0n) is 11.3. The minimum atomic E-state index is -3.65. The van der Waals surface area contributed by atoms with E-state index in [0.29, 0.717) is 13.0 Å². The van der Waals surface area contributed by atoms with Gasteiger partial charge in [0.05, 0.1) is 0 Å². The van der Waals surface area contributed by atoms with E-state index < -0.39 is 16.0 Å². The lowest BCUT2D eigenvalue weighted by atomic mass is 10.2. The van der Waals surface area contributed by atoms with Gasteiger partial charge in [-0.05, 0) is 31.7 Å². The standard InChI is InChI=1S/C13H18N2O4S/c1-15-9-11(8-12(15)13(16)17)20(18,19)14-7-6-10-4-2-3-5-10/h4,8-9,14H,2-3,5-7H2,1H3,(H,16,17). The highest BCUT2D eigenvalue weighted by atomic mass is 32.2. The number of allylic oxidation sites excluding steroid dienone is 1. The van der Waals surface area contributed by atoms with E-state index in [0.717, 1.165) is 19.3 Å². The van der Waals surface area contributed by atoms with Gasteiger partial charge in [-0.2, -0.15) is 0 Å². The summed E-state index contributed by atoms with van der Waals surface area (Å²) in [6, 6.07) is 1.17. The van der Waals surface area contributed by atoms with Crippen molar-refractivity contribution < 1.29 is 18.3 Å². The van der Waals surface area contributed by atoms with Crippen molar-refractivity contribution in [3.8, 4) is 0 Å². The minimum Gasteiger partial charge on any atom is -0.477 e. The Morgan fingerprint density at radius 2 is 2.25 bits per heavy atom. The Labute approximate surface area is 118 Å². The summed E-state index contributed by atoms with van der Waals surface area (Å²) in [5.41, 5.74) is 1.23. The fraction of sp³-hybridized carbons (Fsp3) is 0.462. The average Bonchev–Trinajstić information content (AvgIpc) is 2.98. The molecule has 2 N–H and O–H groups in total. The summed E-state index contributed by atoms with van der Waals surface area (Å²) in [6.45, 7) is 0.339. The molecule has 0 aromatic carbocycles. The van der Waals surface area contributed by atoms with Crippen molar-refractivity contribution in [1.29, 1.82) is 0 Å². The summed E-state index contributed by atoms with van der Waals surface area (Å²) in [5.74, 6) is -1.15. The molecule has 0 saturated carbocycles. The lowest BCUT2D eigenvalue weighted by Crippen LogP contribution is -2.24. The molecule has 0 saturated heterocycles. The normalized spacial score (nSPS) is 15.3. The molecule has 0 fully saturated rings. The van der Waals surface area contributed by atoms with E-state index in [4.69, 9.17) is 5.11 Å². The first kappa shape index (κ1) is 14.8. The van der Waals surface area contributed by atoms with Crippen molar-refractivity contribution in [1.82, 2.24) is 9.29 Å². The Hall–Kier alpha value is -1.60. The Bertz CT molecular complexity index is 643. The average molecular weight is 298 g/mol. The summed E-state index contributed by atoms with van der Waals surface area (Å²) in [5, 5.41) is 8.92. The van der Waals surface area contributed by atoms with Crippen molar-refractivity contribution >= 4 is 16.0 Å². The number of hydrogen-bond donors (Lipinski definition) is 2. The van der Waals surface area contributed by atoms with Gasteiger partial charge in [-0.25, -0.2) is 17.9 Å². The first-order valence-corrected chi connectivity index (χ1v) is 7.96. The van der Waals surface area contributed by atoms with Gasteiger partial charge >= 0.3 is 5.97 Å². The van der Waals surface area contributed by atoms with E-state index >= 15 is 0 Å². The van der Waals surface area contributed by atoms with Crippen LogP contribution in [0.4, 0.5) is 0 Å². The van der Waals surface area contributed by atoms with Crippen LogP contribution >= 0.6 is 0 Å². The second-order valence-electron chi connectivity index (χ2n) is 4.88. The van der Waals surface area contributed by atoms with Gasteiger partial charge in [-0.3, -0.25) is 0 Å². The molecule has 1 aromatic rings. The summed E-state index contributed by atoms with van der Waals surface area (Å²) in [7, 11) is -2.14. The molecule has 110 valence electrons. The monoisotopic (exact) mass is 298 g/mol. The zero-order valence-corrected chi connectivity index (χ0v) is 12.1. The van der Waals surface area contributed by atoms with E-state index in [9.17, 15) is 13.2 Å². The molecular formula is C13H18N2O4S. The molecule has 1 aromatic heterocycles. The van der Waals surface area contributed by atoms with E-state index in [1.165, 1.54) is 29.5 Å². The van der Waals surface area contributed by atoms with E-state index in [1.807, 2.05) is 0 Å². The third-order valence-corrected chi connectivity index (χ3v) is 4.81. The van der Waals surface area contributed by atoms with Crippen LogP contribution in [0.2, 0.25) is 0 Å². The van der Waals surface area contributed by atoms with Crippen LogP contribution in [-0.2, 0) is 17.1 Å². The smallest absolute Gasteiger partial charge is 0.352 e. The van der Waals surface area contributed by atoms with Crippen LogP contribution in [0.15, 0.2) is 28.8 Å². The highest BCUT2D eigenvalue weighted by Crippen LogP contribution is 2.20. The van der Waals surface area contributed by atoms with Gasteiger partial charge in [0.25, 0.3) is 0 Å². The maximum Gasteiger partial charge on any atom is 0.352 e. The van der Waals surface area contributed by atoms with E-state index in [1.54, 1.807) is 0 Å². The van der Waals surface area contributed by atoms with E-state index in [-0.39, 0.29) is 10.6 Å². The number of hydrogen-bond acceptors (Lipinski definition) is 3. The molecule has 0 aliphatic heterocycles. The molecule has 0 atom stereocenters. The number of carbonyl (C=O) groups is 1. The maximum atomic E-state index is 12.1. The van der Waals surface area contributed by atoms with Crippen LogP contribution in [0.1, 0.15) is 36.2 Å². The highest BCUT2D eigenvalue weighted by molar-refractivity contribution is 7.89. The molecular weight excluding hydrogens is 280 g/mol. The predicted octanol–water partition coefficient (Wildman–Crippen LogP) is 1.50. The van der Waals surface area contributed by atoms with E-state index in [2.05, 4.69) is 10.8 Å². The molecule has 20 heavy (non-hydrogen) atoms. The van der Waals surface area contributed by atoms with Crippen molar-refractivity contribution in [2.75, 3.05) is 6.54 Å². The first-order chi connectivity index (χ1) is 9.40. The van der Waals surface area contributed by atoms with Crippen LogP contribution in [0.3, 0.4) is 0 Å². The maximum absolute atomic E-state index is 12.1. The minimum absolute atomic E-state index is 0.0159. The van der Waals surface area contributed by atoms with Gasteiger partial charge < -0.3 is 9.67 Å². The number of aromatic nitrogens is 1. The molecule has 1 heterocycles. The van der Waals surface area contributed by atoms with Crippen LogP contribution in [0, 0.1) is 0 Å². The van der Waals surface area contributed by atoms with Crippen molar-refractivity contribution in [2.45, 2.75) is 30.6 Å². The molecule has 0 bridgehead atoms. The van der Waals surface area contributed by atoms with Crippen LogP contribution < -0.4 is 4.72 Å². The second kappa shape index (κ2) is 5.80. The summed E-state index contributed by atoms with van der Waals surface area (Å²) in [4.78, 5) is 10.9. The number of nitrogens with zero attached hydrogens (tertiary/aromatic N) is 1. The second-order valence-corrected chi connectivity index (χ2v) is 6.65. The third-order valence-electron chi connectivity index (χ3n) is 3.38. The predicted molar refractivity (Wildman–Crippen MR) is 74.1 cm³/mol. The number of rotatable bonds is 6. The van der Waals surface area contributed by atoms with Gasteiger partial charge in [0, 0.05) is 19.8 Å². The third kappa shape index (κ3) is 3.29. The summed E-state index contributed by atoms with van der Waals surface area (Å²) >= 11 is 0. The largest absolute Gasteiger partial charge is 0.477 e. The fourth-order valence-electron chi connectivity index (χ4n) is 2.29. The molecule has 7 heteroatoms. The number of aryl methyl sites for hydroxylation is 1. The van der Waals surface area contributed by atoms with Crippen LogP contribution in [0.25, 0.3) is 0 Å². The van der Waals surface area contributed by atoms with Crippen LogP contribution in [0.5, 0.6) is 0 Å². The Morgan fingerprint density at radius 3 is 2.80 bits per heavy atom. The molecule has 6 nitrogen and oxygen atoms in total. The molecule has 1 aliphatic rings. The molecule has 0 amide bonds. The van der Waals surface area contributed by atoms with Crippen molar-refractivity contribution in [3.63, 3.8) is 0 Å². The molecule has 1 aliphatic carbocycles. The quantitative estimate of drug-likeness (QED) is 0.779. The van der Waals surface area contributed by atoms with Gasteiger partial charge in [0.1, 0.15) is 10.6 Å². The Kier molecular flexibility index (Phi) is 4.29. The number of sulfonamides is 1. The highest BCUT2D eigenvalue weighted by Gasteiger charge is 2.20. The number of carboxylic acid groups (broad SMARTS) is 1. The Morgan fingerprint density at radius 1 is 1.50 bits per heavy atom. The summed E-state index contributed by atoms with van der Waals surface area (Å²) in [6.07, 6.45) is 7.42. The Balaban J connectivity index is 2.02. The molecule has 0 spiro atoms. The van der Waals surface area contributed by atoms with Gasteiger partial charge in [0.2, 0.25) is 10.0 Å². The molecule has 0 unspecified atom stereocenters. The number of carboxylic acids is 1. The van der Waals surface area contributed by atoms with Gasteiger partial charge in [-0.15, -0.1) is 0 Å². The first-order valence-electron chi connectivity index (χ1n) is 6.47. The fourth-order valence-corrected chi connectivity index (χ4v) is 3.39. The molecule has 2 rings (SSSR count). The molecule has 0 radical (unpaired) electrons. The number of nitrogens with one attached hydrogen (secondary N) is 1. The van der Waals surface area contributed by atoms with Crippen LogP contribution in [-0.4, -0.2) is 30.6 Å². The zero-order chi connectivity index (χ0) is 14.8. The number of aromatic carboxylic acids is 1. The SMILES string of the molecule is Cn1cc(S(=O)(=O)NCCC2=CCCC2)cc1C(=O)O. The lowest BCUT2D eigenvalue weighted by molar-refractivity contribution is 0.0686. The van der Waals surface area contributed by atoms with Crippen molar-refractivity contribution in [3.05, 3.63) is 29.6 Å². The van der Waals surface area contributed by atoms with Crippen molar-refractivity contribution in [2.24, 2.45) is 7.05 Å². The van der Waals surface area contributed by atoms with Gasteiger partial charge in [0.15, 0.2) is 0 Å². The summed E-state index contributed by atoms with van der Waals surface area (Å²) < 4.78 is 27.9. The van der Waals surface area contributed by atoms with Gasteiger partial charge in [-0.1, -0.05) is 11.6 Å².